The zero-order valence-corrected chi connectivity index (χ0v) is 11.3. The maximum Gasteiger partial charge on any atom is 0.261 e. The van der Waals surface area contributed by atoms with E-state index in [1.807, 2.05) is 0 Å². The topological polar surface area (TPSA) is 66.4 Å². The van der Waals surface area contributed by atoms with Crippen molar-refractivity contribution < 1.29 is 13.5 Å². The van der Waals surface area contributed by atoms with Gasteiger partial charge < -0.3 is 5.11 Å². The number of hydrogen-bond donors (Lipinski definition) is 2. The summed E-state index contributed by atoms with van der Waals surface area (Å²) in [6, 6.07) is 14.9. The van der Waals surface area contributed by atoms with Crippen LogP contribution in [0.5, 0.6) is 0 Å². The summed E-state index contributed by atoms with van der Waals surface area (Å²) in [4.78, 5) is 0.206. The van der Waals surface area contributed by atoms with Crippen LogP contribution in [0.15, 0.2) is 59.5 Å². The molecule has 0 radical (unpaired) electrons. The first kappa shape index (κ1) is 13.6. The van der Waals surface area contributed by atoms with Gasteiger partial charge in [-0.3, -0.25) is 4.72 Å². The second-order valence-corrected chi connectivity index (χ2v) is 5.90. The Kier molecular flexibility index (Phi) is 3.87. The Bertz CT molecular complexity index is 651. The number of aliphatic hydroxyl groups is 1. The molecule has 2 rings (SSSR count). The molecule has 19 heavy (non-hydrogen) atoms. The van der Waals surface area contributed by atoms with E-state index in [1.54, 1.807) is 49.4 Å². The summed E-state index contributed by atoms with van der Waals surface area (Å²) >= 11 is 0. The molecule has 0 fully saturated rings. The lowest BCUT2D eigenvalue weighted by Crippen LogP contribution is -2.13. The molecule has 0 bridgehead atoms. The molecule has 0 heterocycles. The van der Waals surface area contributed by atoms with Gasteiger partial charge in [-0.25, -0.2) is 8.42 Å². The molecule has 0 aromatic heterocycles. The van der Waals surface area contributed by atoms with Crippen molar-refractivity contribution in [1.29, 1.82) is 0 Å². The molecule has 2 aromatic rings. The van der Waals surface area contributed by atoms with Gasteiger partial charge >= 0.3 is 0 Å². The molecule has 0 saturated heterocycles. The number of nitrogens with one attached hydrogen (secondary N) is 1. The fourth-order valence-electron chi connectivity index (χ4n) is 1.68. The Morgan fingerprint density at radius 2 is 1.74 bits per heavy atom. The van der Waals surface area contributed by atoms with Crippen molar-refractivity contribution in [3.8, 4) is 0 Å². The van der Waals surface area contributed by atoms with Gasteiger partial charge in [0.05, 0.1) is 11.0 Å². The van der Waals surface area contributed by atoms with E-state index in [0.29, 0.717) is 11.3 Å². The normalized spacial score (nSPS) is 12.9. The third-order valence-corrected chi connectivity index (χ3v) is 4.07. The fraction of sp³-hybridized carbons (Fsp3) is 0.143. The smallest absolute Gasteiger partial charge is 0.261 e. The summed E-state index contributed by atoms with van der Waals surface area (Å²) in [6.07, 6.45) is -0.638. The van der Waals surface area contributed by atoms with E-state index in [9.17, 15) is 13.5 Å². The van der Waals surface area contributed by atoms with Gasteiger partial charge in [0.1, 0.15) is 0 Å². The van der Waals surface area contributed by atoms with Crippen LogP contribution in [0.4, 0.5) is 5.69 Å². The molecule has 0 aliphatic carbocycles. The van der Waals surface area contributed by atoms with Crippen molar-refractivity contribution in [1.82, 2.24) is 0 Å². The Morgan fingerprint density at radius 1 is 1.05 bits per heavy atom. The van der Waals surface area contributed by atoms with Crippen molar-refractivity contribution in [2.45, 2.75) is 17.9 Å². The van der Waals surface area contributed by atoms with Crippen LogP contribution >= 0.6 is 0 Å². The van der Waals surface area contributed by atoms with E-state index < -0.39 is 16.1 Å². The van der Waals surface area contributed by atoms with Crippen LogP contribution in [0.3, 0.4) is 0 Å². The zero-order valence-electron chi connectivity index (χ0n) is 10.4. The molecule has 100 valence electrons. The molecular formula is C14H15NO3S. The van der Waals surface area contributed by atoms with E-state index >= 15 is 0 Å². The summed E-state index contributed by atoms with van der Waals surface area (Å²) in [5.41, 5.74) is 1.09. The van der Waals surface area contributed by atoms with Gasteiger partial charge in [-0.1, -0.05) is 30.3 Å². The molecule has 0 amide bonds. The molecule has 0 spiro atoms. The molecule has 0 unspecified atom stereocenters. The van der Waals surface area contributed by atoms with Crippen LogP contribution in [0.2, 0.25) is 0 Å². The van der Waals surface area contributed by atoms with Crippen molar-refractivity contribution in [2.24, 2.45) is 0 Å². The highest BCUT2D eigenvalue weighted by Gasteiger charge is 2.13. The van der Waals surface area contributed by atoms with Gasteiger partial charge in [-0.05, 0) is 36.8 Å². The molecule has 1 atom stereocenters. The van der Waals surface area contributed by atoms with Crippen LogP contribution in [0.1, 0.15) is 18.6 Å². The molecule has 2 aromatic carbocycles. The Labute approximate surface area is 112 Å². The number of rotatable bonds is 4. The average molecular weight is 277 g/mol. The van der Waals surface area contributed by atoms with Crippen LogP contribution in [0.25, 0.3) is 0 Å². The van der Waals surface area contributed by atoms with Crippen LogP contribution in [-0.4, -0.2) is 13.5 Å². The summed E-state index contributed by atoms with van der Waals surface area (Å²) in [6.45, 7) is 1.63. The monoisotopic (exact) mass is 277 g/mol. The molecule has 2 N–H and O–H groups in total. The highest BCUT2D eigenvalue weighted by atomic mass is 32.2. The first-order valence-electron chi connectivity index (χ1n) is 5.85. The maximum absolute atomic E-state index is 12.1. The Hall–Kier alpha value is -1.85. The predicted molar refractivity (Wildman–Crippen MR) is 74.3 cm³/mol. The fourth-order valence-corrected chi connectivity index (χ4v) is 2.75. The third-order valence-electron chi connectivity index (χ3n) is 2.67. The third kappa shape index (κ3) is 3.33. The minimum atomic E-state index is -3.59. The number of benzene rings is 2. The lowest BCUT2D eigenvalue weighted by Gasteiger charge is -2.10. The van der Waals surface area contributed by atoms with E-state index in [0.717, 1.165) is 0 Å². The van der Waals surface area contributed by atoms with Gasteiger partial charge in [0.15, 0.2) is 0 Å². The van der Waals surface area contributed by atoms with Crippen molar-refractivity contribution >= 4 is 15.7 Å². The lowest BCUT2D eigenvalue weighted by molar-refractivity contribution is 0.199. The summed E-state index contributed by atoms with van der Waals surface area (Å²) in [7, 11) is -3.59. The van der Waals surface area contributed by atoms with Gasteiger partial charge in [0.2, 0.25) is 0 Å². The number of anilines is 1. The first-order valence-corrected chi connectivity index (χ1v) is 7.33. The Balaban J connectivity index is 2.29. The highest BCUT2D eigenvalue weighted by molar-refractivity contribution is 7.92. The van der Waals surface area contributed by atoms with Gasteiger partial charge in [-0.2, -0.15) is 0 Å². The SMILES string of the molecule is C[C@H](O)c1cccc(NS(=O)(=O)c2ccccc2)c1. The molecule has 5 heteroatoms. The molecule has 0 aliphatic rings. The van der Waals surface area contributed by atoms with Gasteiger partial charge in [0.25, 0.3) is 10.0 Å². The zero-order chi connectivity index (χ0) is 13.9. The minimum absolute atomic E-state index is 0.206. The second-order valence-electron chi connectivity index (χ2n) is 4.22. The van der Waals surface area contributed by atoms with E-state index in [-0.39, 0.29) is 4.90 Å². The summed E-state index contributed by atoms with van der Waals surface area (Å²) < 4.78 is 26.7. The quantitative estimate of drug-likeness (QED) is 0.902. The van der Waals surface area contributed by atoms with Crippen LogP contribution < -0.4 is 4.72 Å². The lowest BCUT2D eigenvalue weighted by atomic mass is 10.1. The standard InChI is InChI=1S/C14H15NO3S/c1-11(16)12-6-5-7-13(10-12)15-19(17,18)14-8-3-2-4-9-14/h2-11,15-16H,1H3/t11-/m0/s1. The molecular weight excluding hydrogens is 262 g/mol. The van der Waals surface area contributed by atoms with E-state index in [4.69, 9.17) is 0 Å². The molecule has 0 aliphatic heterocycles. The van der Waals surface area contributed by atoms with Gasteiger partial charge in [-0.15, -0.1) is 0 Å². The van der Waals surface area contributed by atoms with E-state index in [1.165, 1.54) is 12.1 Å². The van der Waals surface area contributed by atoms with Gasteiger partial charge in [0, 0.05) is 5.69 Å². The first-order chi connectivity index (χ1) is 8.99. The minimum Gasteiger partial charge on any atom is -0.389 e. The van der Waals surface area contributed by atoms with E-state index in [2.05, 4.69) is 4.72 Å². The highest BCUT2D eigenvalue weighted by Crippen LogP contribution is 2.20. The van der Waals surface area contributed by atoms with Crippen LogP contribution in [0, 0.1) is 0 Å². The second kappa shape index (κ2) is 5.42. The average Bonchev–Trinajstić information content (AvgIpc) is 2.39. The summed E-state index contributed by atoms with van der Waals surface area (Å²) in [5, 5.41) is 9.49. The molecule has 4 nitrogen and oxygen atoms in total. The predicted octanol–water partition coefficient (Wildman–Crippen LogP) is 2.54. The Morgan fingerprint density at radius 3 is 2.37 bits per heavy atom. The van der Waals surface area contributed by atoms with Crippen LogP contribution in [-0.2, 0) is 10.0 Å². The number of hydrogen-bond acceptors (Lipinski definition) is 3. The number of sulfonamides is 1. The van der Waals surface area contributed by atoms with Crippen molar-refractivity contribution in [3.63, 3.8) is 0 Å². The largest absolute Gasteiger partial charge is 0.389 e. The summed E-state index contributed by atoms with van der Waals surface area (Å²) in [5.74, 6) is 0. The van der Waals surface area contributed by atoms with Crippen molar-refractivity contribution in [3.05, 3.63) is 60.2 Å². The maximum atomic E-state index is 12.1. The number of aliphatic hydroxyl groups excluding tert-OH is 1. The van der Waals surface area contributed by atoms with Crippen molar-refractivity contribution in [2.75, 3.05) is 4.72 Å². The molecule has 0 saturated carbocycles.